The number of aliphatic hydroxyl groups is 3. The molecular weight excluding hydrogens is 398 g/mol. The summed E-state index contributed by atoms with van der Waals surface area (Å²) >= 11 is 0. The first-order valence-electron chi connectivity index (χ1n) is 7.98. The second kappa shape index (κ2) is 14.1. The van der Waals surface area contributed by atoms with Crippen LogP contribution in [0.4, 0.5) is 0 Å². The van der Waals surface area contributed by atoms with E-state index in [1.165, 1.54) is 0 Å². The van der Waals surface area contributed by atoms with Gasteiger partial charge in [0.1, 0.15) is 15.7 Å². The summed E-state index contributed by atoms with van der Waals surface area (Å²) in [4.78, 5) is 0. The third kappa shape index (κ3) is 10.8. The van der Waals surface area contributed by atoms with E-state index in [2.05, 4.69) is 6.92 Å². The molecule has 10 heteroatoms. The molecule has 3 aliphatic heterocycles. The zero-order chi connectivity index (χ0) is 18.1. The summed E-state index contributed by atoms with van der Waals surface area (Å²) in [5.41, 5.74) is 0. The third-order valence-corrected chi connectivity index (χ3v) is 3.58. The van der Waals surface area contributed by atoms with Gasteiger partial charge in [-0.1, -0.05) is 12.1 Å². The minimum atomic E-state index is -0.516. The Hall–Kier alpha value is 1.06. The maximum absolute atomic E-state index is 8.88. The summed E-state index contributed by atoms with van der Waals surface area (Å²) < 4.78 is 14.9. The fraction of sp³-hybridized carbons (Fsp3) is 0.800. The van der Waals surface area contributed by atoms with Crippen LogP contribution in [0, 0.1) is 19.8 Å². The molecule has 3 N–H and O–H groups in total. The summed E-state index contributed by atoms with van der Waals surface area (Å²) in [6, 6.07) is -0.961. The molecule has 0 bridgehead atoms. The Kier molecular flexibility index (Phi) is 14.7. The Morgan fingerprint density at radius 1 is 1.00 bits per heavy atom. The average molecular weight is 422 g/mol. The smallest absolute Gasteiger partial charge is 0.417 e. The molecule has 0 amide bonds. The molecule has 3 saturated heterocycles. The molecule has 0 aromatic rings. The predicted molar refractivity (Wildman–Crippen MR) is 91.2 cm³/mol. The Balaban J connectivity index is 0.000000339. The molecule has 0 spiro atoms. The van der Waals surface area contributed by atoms with Gasteiger partial charge in [0.25, 0.3) is 0 Å². The fourth-order valence-electron chi connectivity index (χ4n) is 2.25. The van der Waals surface area contributed by atoms with Gasteiger partial charge in [-0.2, -0.15) is 6.42 Å². The van der Waals surface area contributed by atoms with E-state index in [9.17, 15) is 0 Å². The second-order valence-electron chi connectivity index (χ2n) is 5.77. The first-order valence-corrected chi connectivity index (χ1v) is 7.98. The van der Waals surface area contributed by atoms with E-state index >= 15 is 0 Å². The van der Waals surface area contributed by atoms with Gasteiger partial charge in [-0.3, -0.25) is 6.42 Å². The van der Waals surface area contributed by atoms with Crippen LogP contribution in [-0.4, -0.2) is 94.5 Å². The van der Waals surface area contributed by atoms with Crippen LogP contribution < -0.4 is 0 Å². The molecule has 6 nitrogen and oxygen atoms in total. The van der Waals surface area contributed by atoms with Crippen molar-refractivity contribution < 1.29 is 62.2 Å². The van der Waals surface area contributed by atoms with Gasteiger partial charge in [-0.05, 0) is 18.5 Å². The first-order chi connectivity index (χ1) is 11.3. The van der Waals surface area contributed by atoms with Crippen molar-refractivity contribution in [3.8, 4) is 0 Å². The molecule has 0 aromatic carbocycles. The van der Waals surface area contributed by atoms with E-state index in [4.69, 9.17) is 53.1 Å². The van der Waals surface area contributed by atoms with Crippen LogP contribution in [-0.2, 0) is 46.9 Å². The average Bonchev–Trinajstić information content (AvgIpc) is 3.22. The number of hydrogen-bond donors (Lipinski definition) is 3. The second-order valence-corrected chi connectivity index (χ2v) is 5.77. The molecule has 25 heavy (non-hydrogen) atoms. The maximum atomic E-state index is 8.88. The summed E-state index contributed by atoms with van der Waals surface area (Å²) in [6.45, 7) is 3.70. The minimum absolute atomic E-state index is 0. The normalized spacial score (nSPS) is 39.6. The van der Waals surface area contributed by atoms with Crippen molar-refractivity contribution in [3.63, 3.8) is 0 Å². The van der Waals surface area contributed by atoms with Gasteiger partial charge in [0.15, 0.2) is 0 Å². The summed E-state index contributed by atoms with van der Waals surface area (Å²) in [6.07, 6.45) is 5.00. The van der Waals surface area contributed by atoms with E-state index in [0.717, 1.165) is 12.8 Å². The molecule has 132 valence electrons. The van der Waals surface area contributed by atoms with Gasteiger partial charge in [0, 0.05) is 18.7 Å². The molecule has 0 saturated carbocycles. The Bertz CT molecular complexity index is 314. The summed E-state index contributed by atoms with van der Waals surface area (Å²) in [5.74, 6) is 0. The van der Waals surface area contributed by atoms with Crippen LogP contribution >= 0.6 is 0 Å². The Morgan fingerprint density at radius 3 is 1.88 bits per heavy atom. The molecule has 3 heterocycles. The Morgan fingerprint density at radius 2 is 1.68 bits per heavy atom. The van der Waals surface area contributed by atoms with Gasteiger partial charge in [-0.15, -0.1) is 6.42 Å². The van der Waals surface area contributed by atoms with Crippen molar-refractivity contribution in [2.75, 3.05) is 13.2 Å². The van der Waals surface area contributed by atoms with Gasteiger partial charge >= 0.3 is 32.7 Å². The molecule has 7 atom stereocenters. The van der Waals surface area contributed by atoms with Crippen LogP contribution in [0.2, 0.25) is 0 Å². The van der Waals surface area contributed by atoms with E-state index in [0.29, 0.717) is 6.42 Å². The number of aliphatic hydroxyl groups excluding tert-OH is 3. The summed E-state index contributed by atoms with van der Waals surface area (Å²) in [7, 11) is 15.9. The third-order valence-electron chi connectivity index (χ3n) is 3.58. The topological polar surface area (TPSA) is 88.4 Å². The van der Waals surface area contributed by atoms with E-state index in [-0.39, 0.29) is 76.2 Å². The van der Waals surface area contributed by atoms with Crippen molar-refractivity contribution in [1.82, 2.24) is 0 Å². The zero-order valence-electron chi connectivity index (χ0n) is 14.3. The van der Waals surface area contributed by atoms with E-state index in [1.54, 1.807) is 0 Å². The molecule has 0 aromatic heterocycles. The molecule has 0 aliphatic carbocycles. The van der Waals surface area contributed by atoms with Crippen LogP contribution in [0.3, 0.4) is 0 Å². The van der Waals surface area contributed by atoms with Gasteiger partial charge in [-0.25, -0.2) is 0 Å². The van der Waals surface area contributed by atoms with Gasteiger partial charge < -0.3 is 42.9 Å². The van der Waals surface area contributed by atoms with Crippen molar-refractivity contribution in [2.24, 2.45) is 0 Å². The van der Waals surface area contributed by atoms with Crippen molar-refractivity contribution in [1.29, 1.82) is 0 Å². The van der Waals surface area contributed by atoms with Crippen LogP contribution in [0.15, 0.2) is 0 Å². The molecule has 3 fully saturated rings. The molecule has 6 radical (unpaired) electrons. The van der Waals surface area contributed by atoms with E-state index in [1.807, 2.05) is 12.8 Å². The zero-order valence-corrected chi connectivity index (χ0v) is 17.2. The quantitative estimate of drug-likeness (QED) is 0.368. The maximum Gasteiger partial charge on any atom is 3.00 e. The number of rotatable bonds is 2. The standard InChI is InChI=1S/3C5H8BO2.Y/c1-3-2-4(7)5(6)8-3;2*6-5-2-1-4(3-7)8-5;/h3-5,7H,1-2H2;2,4-5,7H,1,3H2;1,4-5,7H,2-3H2;/q3*-1;+3. The van der Waals surface area contributed by atoms with Gasteiger partial charge in [0.2, 0.25) is 0 Å². The van der Waals surface area contributed by atoms with Crippen LogP contribution in [0.25, 0.3) is 0 Å². The monoisotopic (exact) mass is 422 g/mol. The molecule has 3 rings (SSSR count). The minimum Gasteiger partial charge on any atom is -0.417 e. The predicted octanol–water partition coefficient (Wildman–Crippen LogP) is -1.60. The molecule has 7 unspecified atom stereocenters. The van der Waals surface area contributed by atoms with Crippen molar-refractivity contribution in [2.45, 2.75) is 61.7 Å². The van der Waals surface area contributed by atoms with Crippen molar-refractivity contribution in [3.05, 3.63) is 19.8 Å². The SMILES string of the molecule is [B]C1C[CH-]C(CO)O1.[B]C1OC([CH2-])CC1O.[B]C1[CH-]CC(CO)O1.[Y+3]. The van der Waals surface area contributed by atoms with Crippen LogP contribution in [0.5, 0.6) is 0 Å². The fourth-order valence-corrected chi connectivity index (χ4v) is 2.25. The molecular formula is C15H24B3O6Y. The van der Waals surface area contributed by atoms with E-state index < -0.39 is 12.1 Å². The first kappa shape index (κ1) is 26.1. The molecule has 3 aliphatic rings. The summed E-state index contributed by atoms with van der Waals surface area (Å²) in [5, 5.41) is 25.8. The number of hydrogen-bond acceptors (Lipinski definition) is 6. The largest absolute Gasteiger partial charge is 3.00 e. The van der Waals surface area contributed by atoms with Crippen molar-refractivity contribution >= 4 is 23.5 Å². The number of ether oxygens (including phenoxy) is 3. The Labute approximate surface area is 179 Å². The van der Waals surface area contributed by atoms with Crippen LogP contribution in [0.1, 0.15) is 19.3 Å². The van der Waals surface area contributed by atoms with Gasteiger partial charge in [0.05, 0.1) is 20.6 Å².